The van der Waals surface area contributed by atoms with E-state index in [1.807, 2.05) is 6.92 Å². The zero-order chi connectivity index (χ0) is 30.3. The largest absolute Gasteiger partial charge is 0.462 e. The van der Waals surface area contributed by atoms with Crippen molar-refractivity contribution in [2.45, 2.75) is 70.2 Å². The van der Waals surface area contributed by atoms with Gasteiger partial charge >= 0.3 is 11.9 Å². The average Bonchev–Trinajstić information content (AvgIpc) is 2.94. The van der Waals surface area contributed by atoms with Crippen LogP contribution in [0.4, 0.5) is 5.69 Å². The molecular weight excluding hydrogens is 544 g/mol. The van der Waals surface area contributed by atoms with Crippen molar-refractivity contribution in [3.63, 3.8) is 0 Å². The number of carbonyl (C=O) groups excluding carboxylic acids is 2. The minimum atomic E-state index is -1.63. The number of nitro groups is 1. The van der Waals surface area contributed by atoms with Crippen molar-refractivity contribution in [2.75, 3.05) is 26.4 Å². The molecule has 1 saturated heterocycles. The monoisotopic (exact) mass is 580 g/mol. The minimum absolute atomic E-state index is 0.0337. The zero-order valence-electron chi connectivity index (χ0n) is 23.0. The van der Waals surface area contributed by atoms with Gasteiger partial charge in [-0.25, -0.2) is 9.59 Å². The van der Waals surface area contributed by atoms with E-state index in [-0.39, 0.29) is 36.7 Å². The SMILES string of the molecule is CCCCOC(=O)C1=C(C)NC(C)=C(C(=O)OCCO[C@@H]2O[C@H](CO)[C@@H](O)[C@H](O)[C@H]2O)C1c1cccc([N+](=O)[O-])c1. The van der Waals surface area contributed by atoms with Crippen LogP contribution in [0.15, 0.2) is 46.8 Å². The zero-order valence-corrected chi connectivity index (χ0v) is 23.0. The molecule has 1 fully saturated rings. The molecule has 1 unspecified atom stereocenters. The molecular formula is C27H36N2O12. The Labute approximate surface area is 236 Å². The summed E-state index contributed by atoms with van der Waals surface area (Å²) < 4.78 is 21.5. The summed E-state index contributed by atoms with van der Waals surface area (Å²) in [6, 6.07) is 5.60. The maximum absolute atomic E-state index is 13.4. The van der Waals surface area contributed by atoms with Gasteiger partial charge in [-0.1, -0.05) is 25.5 Å². The van der Waals surface area contributed by atoms with Gasteiger partial charge in [0.15, 0.2) is 6.29 Å². The van der Waals surface area contributed by atoms with Gasteiger partial charge in [-0.2, -0.15) is 0 Å². The lowest BCUT2D eigenvalue weighted by Crippen LogP contribution is -2.59. The van der Waals surface area contributed by atoms with Crippen molar-refractivity contribution in [1.29, 1.82) is 0 Å². The summed E-state index contributed by atoms with van der Waals surface area (Å²) in [5, 5.41) is 53.7. The molecule has 2 aliphatic heterocycles. The van der Waals surface area contributed by atoms with Crippen molar-refractivity contribution in [3.8, 4) is 0 Å². The molecule has 14 heteroatoms. The van der Waals surface area contributed by atoms with Crippen LogP contribution in [0.25, 0.3) is 0 Å². The molecule has 0 amide bonds. The number of nitrogens with zero attached hydrogens (tertiary/aromatic N) is 1. The lowest BCUT2D eigenvalue weighted by atomic mass is 9.80. The number of benzene rings is 1. The molecule has 0 aromatic heterocycles. The minimum Gasteiger partial charge on any atom is -0.462 e. The van der Waals surface area contributed by atoms with E-state index in [0.29, 0.717) is 23.4 Å². The summed E-state index contributed by atoms with van der Waals surface area (Å²) in [5.74, 6) is -2.55. The predicted octanol–water partition coefficient (Wildman–Crippen LogP) is 0.533. The van der Waals surface area contributed by atoms with Crippen LogP contribution in [0.3, 0.4) is 0 Å². The van der Waals surface area contributed by atoms with Crippen LogP contribution in [0.1, 0.15) is 45.1 Å². The molecule has 226 valence electrons. The third kappa shape index (κ3) is 7.47. The summed E-state index contributed by atoms with van der Waals surface area (Å²) in [5.41, 5.74) is 1.01. The van der Waals surface area contributed by atoms with Crippen molar-refractivity contribution in [3.05, 3.63) is 62.5 Å². The Kier molecular flexibility index (Phi) is 11.3. The van der Waals surface area contributed by atoms with Crippen LogP contribution >= 0.6 is 0 Å². The van der Waals surface area contributed by atoms with Crippen LogP contribution in [-0.4, -0.2) is 94.4 Å². The van der Waals surface area contributed by atoms with Gasteiger partial charge in [-0.15, -0.1) is 0 Å². The number of carbonyl (C=O) groups is 2. The van der Waals surface area contributed by atoms with Crippen molar-refractivity contribution in [1.82, 2.24) is 5.32 Å². The van der Waals surface area contributed by atoms with Crippen LogP contribution in [-0.2, 0) is 28.5 Å². The van der Waals surface area contributed by atoms with Gasteiger partial charge in [-0.3, -0.25) is 10.1 Å². The Morgan fingerprint density at radius 3 is 2.22 bits per heavy atom. The first-order chi connectivity index (χ1) is 19.5. The highest BCUT2D eigenvalue weighted by Crippen LogP contribution is 2.40. The average molecular weight is 581 g/mol. The number of esters is 2. The second-order valence-corrected chi connectivity index (χ2v) is 9.68. The van der Waals surface area contributed by atoms with Gasteiger partial charge < -0.3 is 44.7 Å². The Balaban J connectivity index is 1.81. The number of allylic oxidation sites excluding steroid dienone is 2. The molecule has 1 aromatic carbocycles. The highest BCUT2D eigenvalue weighted by atomic mass is 16.7. The third-order valence-electron chi connectivity index (χ3n) is 6.79. The lowest BCUT2D eigenvalue weighted by molar-refractivity contribution is -0.384. The molecule has 0 saturated carbocycles. The van der Waals surface area contributed by atoms with E-state index in [9.17, 15) is 40.1 Å². The molecule has 0 aliphatic carbocycles. The van der Waals surface area contributed by atoms with Gasteiger partial charge in [0.25, 0.3) is 5.69 Å². The maximum atomic E-state index is 13.4. The maximum Gasteiger partial charge on any atom is 0.336 e. The first kappa shape index (κ1) is 32.1. The number of hydrogen-bond acceptors (Lipinski definition) is 13. The fourth-order valence-electron chi connectivity index (χ4n) is 4.65. The molecule has 0 bridgehead atoms. The van der Waals surface area contributed by atoms with Crippen molar-refractivity contribution in [2.24, 2.45) is 0 Å². The highest BCUT2D eigenvalue weighted by Gasteiger charge is 2.44. The van der Waals surface area contributed by atoms with Crippen molar-refractivity contribution < 1.29 is 53.9 Å². The number of ether oxygens (including phenoxy) is 4. The fraction of sp³-hybridized carbons (Fsp3) is 0.556. The Hall–Kier alpha value is -3.40. The second-order valence-electron chi connectivity index (χ2n) is 9.68. The number of rotatable bonds is 12. The summed E-state index contributed by atoms with van der Waals surface area (Å²) in [4.78, 5) is 37.5. The number of aliphatic hydroxyl groups excluding tert-OH is 4. The Bertz CT molecular complexity index is 1180. The van der Waals surface area contributed by atoms with Crippen LogP contribution in [0, 0.1) is 10.1 Å². The van der Waals surface area contributed by atoms with Gasteiger partial charge in [0.05, 0.1) is 41.8 Å². The lowest BCUT2D eigenvalue weighted by Gasteiger charge is -2.39. The molecule has 5 N–H and O–H groups in total. The molecule has 41 heavy (non-hydrogen) atoms. The summed E-state index contributed by atoms with van der Waals surface area (Å²) >= 11 is 0. The van der Waals surface area contributed by atoms with Crippen LogP contribution < -0.4 is 5.32 Å². The molecule has 2 aliphatic rings. The van der Waals surface area contributed by atoms with E-state index in [1.165, 1.54) is 18.2 Å². The van der Waals surface area contributed by atoms with E-state index < -0.39 is 60.1 Å². The van der Waals surface area contributed by atoms with Gasteiger partial charge in [0.2, 0.25) is 0 Å². The number of aliphatic hydroxyl groups is 4. The van der Waals surface area contributed by atoms with E-state index in [0.717, 1.165) is 6.42 Å². The number of dihydropyridines is 1. The second kappa shape index (κ2) is 14.5. The number of nitro benzene ring substituents is 1. The van der Waals surface area contributed by atoms with Crippen molar-refractivity contribution >= 4 is 17.6 Å². The Morgan fingerprint density at radius 2 is 1.63 bits per heavy atom. The third-order valence-corrected chi connectivity index (χ3v) is 6.79. The standard InChI is InChI=1S/C27H36N2O12/c1-4-5-9-38-25(34)19-14(2)28-15(3)20(21(19)16-7-6-8-17(12-16)29(36)37)26(35)39-10-11-40-27-24(33)23(32)22(31)18(13-30)41-27/h6-8,12,18,21-24,27-28,30-33H,4-5,9-11,13H2,1-3H3/t18-,21?,22-,23+,24-,27-/m1/s1. The number of hydrogen-bond donors (Lipinski definition) is 5. The number of non-ortho nitro benzene ring substituents is 1. The van der Waals surface area contributed by atoms with E-state index in [4.69, 9.17) is 18.9 Å². The topological polar surface area (TPSA) is 207 Å². The Morgan fingerprint density at radius 1 is 1.00 bits per heavy atom. The normalized spacial score (nSPS) is 26.4. The first-order valence-corrected chi connectivity index (χ1v) is 13.2. The number of nitrogens with one attached hydrogen (secondary N) is 1. The molecule has 2 heterocycles. The molecule has 3 rings (SSSR count). The molecule has 6 atom stereocenters. The van der Waals surface area contributed by atoms with Gasteiger partial charge in [0, 0.05) is 23.5 Å². The van der Waals surface area contributed by atoms with E-state index in [2.05, 4.69) is 5.32 Å². The number of unbranched alkanes of at least 4 members (excludes halogenated alkanes) is 1. The summed E-state index contributed by atoms with van der Waals surface area (Å²) in [7, 11) is 0. The molecule has 0 spiro atoms. The predicted molar refractivity (Wildman–Crippen MR) is 141 cm³/mol. The van der Waals surface area contributed by atoms with Crippen LogP contribution in [0.5, 0.6) is 0 Å². The van der Waals surface area contributed by atoms with Gasteiger partial charge in [-0.05, 0) is 25.8 Å². The molecule has 14 nitrogen and oxygen atoms in total. The van der Waals surface area contributed by atoms with E-state index in [1.54, 1.807) is 19.9 Å². The van der Waals surface area contributed by atoms with Crippen LogP contribution in [0.2, 0.25) is 0 Å². The first-order valence-electron chi connectivity index (χ1n) is 13.2. The molecule has 1 aromatic rings. The quantitative estimate of drug-likeness (QED) is 0.0991. The summed E-state index contributed by atoms with van der Waals surface area (Å²) in [6.45, 7) is 4.07. The highest BCUT2D eigenvalue weighted by molar-refractivity contribution is 6.00. The molecule has 0 radical (unpaired) electrons. The fourth-order valence-corrected chi connectivity index (χ4v) is 4.65. The summed E-state index contributed by atoms with van der Waals surface area (Å²) in [6.07, 6.45) is -5.95. The van der Waals surface area contributed by atoms with E-state index >= 15 is 0 Å². The van der Waals surface area contributed by atoms with Gasteiger partial charge in [0.1, 0.15) is 31.0 Å². The smallest absolute Gasteiger partial charge is 0.336 e.